The van der Waals surface area contributed by atoms with Gasteiger partial charge in [0, 0.05) is 0 Å². The highest BCUT2D eigenvalue weighted by Crippen LogP contribution is 2.12. The van der Waals surface area contributed by atoms with Gasteiger partial charge in [-0.2, -0.15) is 0 Å². The van der Waals surface area contributed by atoms with Crippen LogP contribution in [0.2, 0.25) is 0 Å². The van der Waals surface area contributed by atoms with Gasteiger partial charge in [0.05, 0.1) is 19.1 Å². The van der Waals surface area contributed by atoms with Gasteiger partial charge in [-0.1, -0.05) is 13.8 Å². The van der Waals surface area contributed by atoms with Gasteiger partial charge in [-0.25, -0.2) is 4.39 Å². The summed E-state index contributed by atoms with van der Waals surface area (Å²) >= 11 is 0. The summed E-state index contributed by atoms with van der Waals surface area (Å²) in [5.41, 5.74) is 0. The number of carbonyl (C=O) groups excluding carboxylic acids is 1. The lowest BCUT2D eigenvalue weighted by molar-refractivity contribution is -0.123. The summed E-state index contributed by atoms with van der Waals surface area (Å²) in [6.45, 7) is 5.86. The van der Waals surface area contributed by atoms with Gasteiger partial charge in [0.15, 0.2) is 0 Å². The summed E-state index contributed by atoms with van der Waals surface area (Å²) in [6, 6.07) is 5.71. The maximum Gasteiger partial charge on any atom is 0.222 e. The third-order valence-corrected chi connectivity index (χ3v) is 2.90. The Balaban J connectivity index is 2.30. The fourth-order valence-electron chi connectivity index (χ4n) is 1.54. The van der Waals surface area contributed by atoms with E-state index < -0.39 is 6.10 Å². The van der Waals surface area contributed by atoms with Gasteiger partial charge >= 0.3 is 0 Å². The van der Waals surface area contributed by atoms with Crippen molar-refractivity contribution in [2.45, 2.75) is 39.4 Å². The molecule has 0 fully saturated rings. The largest absolute Gasteiger partial charge is 0.489 e. The Kier molecular flexibility index (Phi) is 6.45. The van der Waals surface area contributed by atoms with Crippen molar-refractivity contribution in [3.05, 3.63) is 30.1 Å². The lowest BCUT2D eigenvalue weighted by atomic mass is 10.0. The standard InChI is InChI=1S/C15H22FNO3/c1-10(2)14(18)8-15(19)17-9-11(3)20-13-6-4-12(16)5-7-13/h4-7,10-11,14,18H,8-9H2,1-3H3,(H,17,19). The molecule has 112 valence electrons. The van der Waals surface area contributed by atoms with Crippen molar-refractivity contribution >= 4 is 5.91 Å². The summed E-state index contributed by atoms with van der Waals surface area (Å²) in [5.74, 6) is 0.0748. The van der Waals surface area contributed by atoms with Gasteiger partial charge in [-0.15, -0.1) is 0 Å². The molecule has 5 heteroatoms. The zero-order valence-corrected chi connectivity index (χ0v) is 12.1. The van der Waals surface area contributed by atoms with Crippen LogP contribution in [-0.4, -0.2) is 29.8 Å². The quantitative estimate of drug-likeness (QED) is 0.806. The van der Waals surface area contributed by atoms with E-state index in [1.54, 1.807) is 0 Å². The number of benzene rings is 1. The van der Waals surface area contributed by atoms with Crippen LogP contribution in [0.4, 0.5) is 4.39 Å². The fraction of sp³-hybridized carbons (Fsp3) is 0.533. The van der Waals surface area contributed by atoms with Crippen molar-refractivity contribution in [3.63, 3.8) is 0 Å². The van der Waals surface area contributed by atoms with Gasteiger partial charge in [-0.3, -0.25) is 4.79 Å². The molecule has 2 atom stereocenters. The van der Waals surface area contributed by atoms with Crippen LogP contribution >= 0.6 is 0 Å². The third-order valence-electron chi connectivity index (χ3n) is 2.90. The number of amides is 1. The van der Waals surface area contributed by atoms with Crippen molar-refractivity contribution in [2.24, 2.45) is 5.92 Å². The zero-order chi connectivity index (χ0) is 15.1. The second-order valence-electron chi connectivity index (χ2n) is 5.20. The average molecular weight is 283 g/mol. The summed E-state index contributed by atoms with van der Waals surface area (Å²) in [6.07, 6.45) is -0.787. The molecule has 1 aromatic rings. The molecule has 4 nitrogen and oxygen atoms in total. The summed E-state index contributed by atoms with van der Waals surface area (Å²) in [7, 11) is 0. The fourth-order valence-corrected chi connectivity index (χ4v) is 1.54. The van der Waals surface area contributed by atoms with E-state index in [1.165, 1.54) is 24.3 Å². The third kappa shape index (κ3) is 6.02. The summed E-state index contributed by atoms with van der Waals surface area (Å²) in [5, 5.41) is 12.3. The van der Waals surface area contributed by atoms with E-state index in [2.05, 4.69) is 5.32 Å². The van der Waals surface area contributed by atoms with Crippen LogP contribution in [0, 0.1) is 11.7 Å². The molecule has 2 unspecified atom stereocenters. The van der Waals surface area contributed by atoms with Gasteiger partial charge in [0.1, 0.15) is 17.7 Å². The predicted molar refractivity (Wildman–Crippen MR) is 75.0 cm³/mol. The molecule has 0 aliphatic carbocycles. The summed E-state index contributed by atoms with van der Waals surface area (Å²) in [4.78, 5) is 11.6. The lowest BCUT2D eigenvalue weighted by Crippen LogP contribution is -2.36. The Morgan fingerprint density at radius 3 is 2.45 bits per heavy atom. The van der Waals surface area contributed by atoms with Crippen molar-refractivity contribution in [2.75, 3.05) is 6.54 Å². The molecular formula is C15H22FNO3. The first-order valence-electron chi connectivity index (χ1n) is 6.75. The minimum absolute atomic E-state index is 0.0497. The molecule has 0 saturated heterocycles. The number of hydrogen-bond acceptors (Lipinski definition) is 3. The van der Waals surface area contributed by atoms with Gasteiger partial charge in [-0.05, 0) is 37.1 Å². The number of rotatable bonds is 7. The molecule has 1 amide bonds. The highest BCUT2D eigenvalue weighted by molar-refractivity contribution is 5.76. The van der Waals surface area contributed by atoms with Crippen LogP contribution in [0.15, 0.2) is 24.3 Å². The minimum atomic E-state index is -0.636. The number of nitrogens with one attached hydrogen (secondary N) is 1. The number of aliphatic hydroxyl groups excluding tert-OH is 1. The Labute approximate surface area is 119 Å². The number of ether oxygens (including phenoxy) is 1. The van der Waals surface area contributed by atoms with E-state index in [0.717, 1.165) is 0 Å². The first-order valence-corrected chi connectivity index (χ1v) is 6.75. The van der Waals surface area contributed by atoms with Crippen molar-refractivity contribution in [1.82, 2.24) is 5.32 Å². The topological polar surface area (TPSA) is 58.6 Å². The number of halogens is 1. The van der Waals surface area contributed by atoms with Crippen molar-refractivity contribution < 1.29 is 19.0 Å². The molecular weight excluding hydrogens is 261 g/mol. The van der Waals surface area contributed by atoms with Crippen LogP contribution in [0.5, 0.6) is 5.75 Å². The zero-order valence-electron chi connectivity index (χ0n) is 12.1. The Hall–Kier alpha value is -1.62. The maximum absolute atomic E-state index is 12.7. The smallest absolute Gasteiger partial charge is 0.222 e. The number of aliphatic hydroxyl groups is 1. The van der Waals surface area contributed by atoms with Gasteiger partial charge in [0.25, 0.3) is 0 Å². The van der Waals surface area contributed by atoms with Crippen molar-refractivity contribution in [1.29, 1.82) is 0 Å². The maximum atomic E-state index is 12.7. The molecule has 1 rings (SSSR count). The molecule has 20 heavy (non-hydrogen) atoms. The highest BCUT2D eigenvalue weighted by Gasteiger charge is 2.15. The number of carbonyl (C=O) groups is 1. The minimum Gasteiger partial charge on any atom is -0.489 e. The first-order chi connectivity index (χ1) is 9.38. The Morgan fingerprint density at radius 1 is 1.30 bits per heavy atom. The van der Waals surface area contributed by atoms with Gasteiger partial charge < -0.3 is 15.2 Å². The van der Waals surface area contributed by atoms with E-state index in [1.807, 2.05) is 20.8 Å². The molecule has 0 aliphatic rings. The molecule has 0 spiro atoms. The molecule has 0 bridgehead atoms. The molecule has 1 aromatic carbocycles. The van der Waals surface area contributed by atoms with E-state index in [0.29, 0.717) is 12.3 Å². The monoisotopic (exact) mass is 283 g/mol. The first kappa shape index (κ1) is 16.4. The lowest BCUT2D eigenvalue weighted by Gasteiger charge is -2.17. The van der Waals surface area contributed by atoms with E-state index in [9.17, 15) is 14.3 Å². The van der Waals surface area contributed by atoms with Crippen LogP contribution in [0.25, 0.3) is 0 Å². The number of hydrogen-bond donors (Lipinski definition) is 2. The molecule has 0 aromatic heterocycles. The van der Waals surface area contributed by atoms with Gasteiger partial charge in [0.2, 0.25) is 5.91 Å². The normalized spacial score (nSPS) is 13.9. The second-order valence-corrected chi connectivity index (χ2v) is 5.20. The highest BCUT2D eigenvalue weighted by atomic mass is 19.1. The molecule has 0 radical (unpaired) electrons. The molecule has 0 saturated carbocycles. The average Bonchev–Trinajstić information content (AvgIpc) is 2.39. The van der Waals surface area contributed by atoms with Crippen LogP contribution in [0.3, 0.4) is 0 Å². The molecule has 2 N–H and O–H groups in total. The summed E-state index contributed by atoms with van der Waals surface area (Å²) < 4.78 is 18.3. The van der Waals surface area contributed by atoms with Crippen molar-refractivity contribution in [3.8, 4) is 5.75 Å². The SMILES string of the molecule is CC(CNC(=O)CC(O)C(C)C)Oc1ccc(F)cc1. The molecule has 0 heterocycles. The Morgan fingerprint density at radius 2 is 1.90 bits per heavy atom. The van der Waals surface area contributed by atoms with Crippen LogP contribution < -0.4 is 10.1 Å². The van der Waals surface area contributed by atoms with Crippen LogP contribution in [-0.2, 0) is 4.79 Å². The van der Waals surface area contributed by atoms with E-state index in [4.69, 9.17) is 4.74 Å². The van der Waals surface area contributed by atoms with E-state index in [-0.39, 0.29) is 30.2 Å². The van der Waals surface area contributed by atoms with E-state index >= 15 is 0 Å². The predicted octanol–water partition coefficient (Wildman–Crippen LogP) is 2.12. The second kappa shape index (κ2) is 7.85. The Bertz CT molecular complexity index is 420. The molecule has 0 aliphatic heterocycles. The van der Waals surface area contributed by atoms with Crippen LogP contribution in [0.1, 0.15) is 27.2 Å².